The highest BCUT2D eigenvalue weighted by molar-refractivity contribution is 4.64. The van der Waals surface area contributed by atoms with Crippen molar-refractivity contribution in [1.82, 2.24) is 10.6 Å². The summed E-state index contributed by atoms with van der Waals surface area (Å²) in [7, 11) is 0. The number of ether oxygens (including phenoxy) is 1. The van der Waals surface area contributed by atoms with Crippen LogP contribution in [0.3, 0.4) is 0 Å². The average molecular weight is 228 g/mol. The Morgan fingerprint density at radius 2 is 1.88 bits per heavy atom. The molecule has 0 radical (unpaired) electrons. The van der Waals surface area contributed by atoms with Crippen LogP contribution in [0.4, 0.5) is 0 Å². The molecule has 1 unspecified atom stereocenters. The summed E-state index contributed by atoms with van der Waals surface area (Å²) in [6, 6.07) is 0. The van der Waals surface area contributed by atoms with Crippen LogP contribution >= 0.6 is 0 Å². The first kappa shape index (κ1) is 13.9. The molecule has 16 heavy (non-hydrogen) atoms. The molecule has 1 aliphatic heterocycles. The van der Waals surface area contributed by atoms with Crippen LogP contribution in [0.15, 0.2) is 0 Å². The molecule has 96 valence electrons. The zero-order valence-electron chi connectivity index (χ0n) is 10.8. The molecular formula is C13H28N2O. The minimum atomic E-state index is 0.553. The van der Waals surface area contributed by atoms with E-state index >= 15 is 0 Å². The molecule has 1 saturated heterocycles. The van der Waals surface area contributed by atoms with E-state index in [1.54, 1.807) is 0 Å². The second kappa shape index (κ2) is 10.1. The summed E-state index contributed by atoms with van der Waals surface area (Å²) in [6.07, 6.45) is 8.18. The van der Waals surface area contributed by atoms with Crippen molar-refractivity contribution in [2.75, 3.05) is 32.8 Å². The molecule has 0 saturated carbocycles. The van der Waals surface area contributed by atoms with Gasteiger partial charge in [-0.1, -0.05) is 6.92 Å². The van der Waals surface area contributed by atoms with Gasteiger partial charge in [-0.25, -0.2) is 0 Å². The van der Waals surface area contributed by atoms with Crippen LogP contribution in [0.2, 0.25) is 0 Å². The third-order valence-corrected chi connectivity index (χ3v) is 3.11. The van der Waals surface area contributed by atoms with Crippen LogP contribution in [0.25, 0.3) is 0 Å². The van der Waals surface area contributed by atoms with E-state index in [0.717, 1.165) is 32.8 Å². The lowest BCUT2D eigenvalue weighted by Gasteiger charge is -2.22. The largest absolute Gasteiger partial charge is 0.378 e. The molecule has 1 atom stereocenters. The molecule has 1 rings (SSSR count). The Hall–Kier alpha value is -0.120. The van der Waals surface area contributed by atoms with Gasteiger partial charge in [0.05, 0.1) is 6.10 Å². The van der Waals surface area contributed by atoms with Gasteiger partial charge < -0.3 is 15.4 Å². The first-order chi connectivity index (χ1) is 7.93. The van der Waals surface area contributed by atoms with Gasteiger partial charge in [-0.15, -0.1) is 0 Å². The molecule has 0 aliphatic carbocycles. The van der Waals surface area contributed by atoms with E-state index in [-0.39, 0.29) is 0 Å². The molecule has 1 aliphatic rings. The van der Waals surface area contributed by atoms with E-state index in [0.29, 0.717) is 6.10 Å². The molecule has 1 fully saturated rings. The fraction of sp³-hybridized carbons (Fsp3) is 1.00. The lowest BCUT2D eigenvalue weighted by atomic mass is 10.0. The quantitative estimate of drug-likeness (QED) is 0.592. The highest BCUT2D eigenvalue weighted by Crippen LogP contribution is 2.16. The van der Waals surface area contributed by atoms with Gasteiger partial charge >= 0.3 is 0 Å². The van der Waals surface area contributed by atoms with E-state index in [4.69, 9.17) is 4.74 Å². The monoisotopic (exact) mass is 228 g/mol. The second-order valence-corrected chi connectivity index (χ2v) is 4.59. The van der Waals surface area contributed by atoms with Crippen molar-refractivity contribution in [3.63, 3.8) is 0 Å². The van der Waals surface area contributed by atoms with Gasteiger partial charge in [-0.3, -0.25) is 0 Å². The number of nitrogens with one attached hydrogen (secondary N) is 2. The Morgan fingerprint density at radius 3 is 2.62 bits per heavy atom. The molecule has 1 heterocycles. The van der Waals surface area contributed by atoms with Gasteiger partial charge in [0.2, 0.25) is 0 Å². The zero-order valence-corrected chi connectivity index (χ0v) is 10.8. The normalized spacial score (nSPS) is 21.2. The summed E-state index contributed by atoms with van der Waals surface area (Å²) in [6.45, 7) is 7.64. The van der Waals surface area contributed by atoms with Crippen molar-refractivity contribution in [2.45, 2.75) is 51.6 Å². The second-order valence-electron chi connectivity index (χ2n) is 4.59. The van der Waals surface area contributed by atoms with Crippen molar-refractivity contribution >= 4 is 0 Å². The molecular weight excluding hydrogens is 200 g/mol. The molecule has 0 amide bonds. The maximum atomic E-state index is 5.70. The maximum absolute atomic E-state index is 5.70. The van der Waals surface area contributed by atoms with Crippen LogP contribution in [0.5, 0.6) is 0 Å². The van der Waals surface area contributed by atoms with Gasteiger partial charge in [-0.05, 0) is 64.7 Å². The molecule has 3 heteroatoms. The number of hydrogen-bond acceptors (Lipinski definition) is 3. The predicted octanol–water partition coefficient (Wildman–Crippen LogP) is 1.92. The molecule has 3 nitrogen and oxygen atoms in total. The summed E-state index contributed by atoms with van der Waals surface area (Å²) < 4.78 is 5.70. The third-order valence-electron chi connectivity index (χ3n) is 3.11. The van der Waals surface area contributed by atoms with E-state index in [2.05, 4.69) is 17.6 Å². The maximum Gasteiger partial charge on any atom is 0.0575 e. The average Bonchev–Trinajstić information content (AvgIpc) is 2.34. The Morgan fingerprint density at radius 1 is 1.06 bits per heavy atom. The molecule has 0 aromatic carbocycles. The Labute approximate surface area is 100 Å². The smallest absolute Gasteiger partial charge is 0.0575 e. The molecule has 0 aromatic heterocycles. The van der Waals surface area contributed by atoms with E-state index in [1.807, 2.05) is 0 Å². The first-order valence-electron chi connectivity index (χ1n) is 6.96. The summed E-state index contributed by atoms with van der Waals surface area (Å²) in [5.41, 5.74) is 0. The highest BCUT2D eigenvalue weighted by Gasteiger charge is 2.12. The highest BCUT2D eigenvalue weighted by atomic mass is 16.5. The third kappa shape index (κ3) is 7.20. The first-order valence-corrected chi connectivity index (χ1v) is 6.96. The summed E-state index contributed by atoms with van der Waals surface area (Å²) >= 11 is 0. The van der Waals surface area contributed by atoms with Crippen molar-refractivity contribution in [1.29, 1.82) is 0 Å². The Balaban J connectivity index is 1.77. The van der Waals surface area contributed by atoms with Gasteiger partial charge in [0.1, 0.15) is 0 Å². The van der Waals surface area contributed by atoms with E-state index in [9.17, 15) is 0 Å². The molecule has 0 spiro atoms. The fourth-order valence-electron chi connectivity index (χ4n) is 2.13. The van der Waals surface area contributed by atoms with E-state index in [1.165, 1.54) is 38.5 Å². The van der Waals surface area contributed by atoms with Crippen molar-refractivity contribution < 1.29 is 4.74 Å². The summed E-state index contributed by atoms with van der Waals surface area (Å²) in [5.74, 6) is 0. The topological polar surface area (TPSA) is 33.3 Å². The van der Waals surface area contributed by atoms with Crippen molar-refractivity contribution in [3.05, 3.63) is 0 Å². The molecule has 0 aromatic rings. The Bertz CT molecular complexity index is 147. The number of rotatable bonds is 9. The van der Waals surface area contributed by atoms with Gasteiger partial charge in [0.15, 0.2) is 0 Å². The number of hydrogen-bond donors (Lipinski definition) is 2. The van der Waals surface area contributed by atoms with Gasteiger partial charge in [0, 0.05) is 6.61 Å². The fourth-order valence-corrected chi connectivity index (χ4v) is 2.13. The van der Waals surface area contributed by atoms with Crippen LogP contribution < -0.4 is 10.6 Å². The SMILES string of the molecule is CCNCCCNCCCC1CCCCO1. The van der Waals surface area contributed by atoms with Crippen LogP contribution in [0.1, 0.15) is 45.4 Å². The summed E-state index contributed by atoms with van der Waals surface area (Å²) in [5, 5.41) is 6.82. The molecule has 0 bridgehead atoms. The standard InChI is InChI=1S/C13H28N2O/c1-2-14-10-6-11-15-9-5-8-13-7-3-4-12-16-13/h13-15H,2-12H2,1H3. The van der Waals surface area contributed by atoms with Crippen molar-refractivity contribution in [2.24, 2.45) is 0 Å². The summed E-state index contributed by atoms with van der Waals surface area (Å²) in [4.78, 5) is 0. The minimum Gasteiger partial charge on any atom is -0.378 e. The van der Waals surface area contributed by atoms with Crippen LogP contribution in [-0.2, 0) is 4.74 Å². The van der Waals surface area contributed by atoms with Crippen LogP contribution in [0, 0.1) is 0 Å². The predicted molar refractivity (Wildman–Crippen MR) is 68.9 cm³/mol. The lowest BCUT2D eigenvalue weighted by molar-refractivity contribution is 0.0102. The van der Waals surface area contributed by atoms with Gasteiger partial charge in [0.25, 0.3) is 0 Å². The van der Waals surface area contributed by atoms with Gasteiger partial charge in [-0.2, -0.15) is 0 Å². The van der Waals surface area contributed by atoms with Crippen molar-refractivity contribution in [3.8, 4) is 0 Å². The minimum absolute atomic E-state index is 0.553. The zero-order chi connectivity index (χ0) is 11.5. The van der Waals surface area contributed by atoms with E-state index < -0.39 is 0 Å². The van der Waals surface area contributed by atoms with Crippen LogP contribution in [-0.4, -0.2) is 38.9 Å². The Kier molecular flexibility index (Phi) is 8.77. The lowest BCUT2D eigenvalue weighted by Crippen LogP contribution is -2.24. The molecule has 2 N–H and O–H groups in total.